The van der Waals surface area contributed by atoms with E-state index in [1.807, 2.05) is 0 Å². The highest BCUT2D eigenvalue weighted by molar-refractivity contribution is 6.30. The average Bonchev–Trinajstić information content (AvgIpc) is 2.35. The van der Waals surface area contributed by atoms with E-state index in [-0.39, 0.29) is 0 Å². The minimum atomic E-state index is -0.893. The predicted octanol–water partition coefficient (Wildman–Crippen LogP) is 2.26. The van der Waals surface area contributed by atoms with Crippen LogP contribution in [0, 0.1) is 5.92 Å². The largest absolute Gasteiger partial charge is 0.385 e. The summed E-state index contributed by atoms with van der Waals surface area (Å²) in [6, 6.07) is 1.74. The first kappa shape index (κ1) is 14.6. The SMILES string of the molecule is CC(C)CN1CCC(O)(c2cc(Cl)cnc2N)CC1. The van der Waals surface area contributed by atoms with Crippen molar-refractivity contribution >= 4 is 17.4 Å². The zero-order chi connectivity index (χ0) is 14.0. The summed E-state index contributed by atoms with van der Waals surface area (Å²) < 4.78 is 0. The summed E-state index contributed by atoms with van der Waals surface area (Å²) in [7, 11) is 0. The van der Waals surface area contributed by atoms with Crippen molar-refractivity contribution in [2.24, 2.45) is 5.92 Å². The molecule has 3 N–H and O–H groups in total. The predicted molar refractivity (Wildman–Crippen MR) is 78.1 cm³/mol. The second-order valence-electron chi connectivity index (χ2n) is 5.81. The van der Waals surface area contributed by atoms with Crippen LogP contribution in [0.1, 0.15) is 32.3 Å². The van der Waals surface area contributed by atoms with E-state index < -0.39 is 5.60 Å². The molecule has 0 amide bonds. The van der Waals surface area contributed by atoms with Gasteiger partial charge >= 0.3 is 0 Å². The Hall–Kier alpha value is -0.840. The Balaban J connectivity index is 2.11. The van der Waals surface area contributed by atoms with Gasteiger partial charge in [0.1, 0.15) is 5.82 Å². The third-order valence-electron chi connectivity index (χ3n) is 3.69. The van der Waals surface area contributed by atoms with E-state index in [2.05, 4.69) is 23.7 Å². The number of aliphatic hydroxyl groups is 1. The molecule has 106 valence electrons. The number of nitrogens with zero attached hydrogens (tertiary/aromatic N) is 2. The van der Waals surface area contributed by atoms with Gasteiger partial charge in [0.05, 0.1) is 10.6 Å². The van der Waals surface area contributed by atoms with Crippen molar-refractivity contribution in [2.45, 2.75) is 32.3 Å². The monoisotopic (exact) mass is 283 g/mol. The molecule has 19 heavy (non-hydrogen) atoms. The molecule has 2 rings (SSSR count). The zero-order valence-electron chi connectivity index (χ0n) is 11.6. The molecule has 2 heterocycles. The fourth-order valence-electron chi connectivity index (χ4n) is 2.71. The summed E-state index contributed by atoms with van der Waals surface area (Å²) in [5.74, 6) is 1.02. The lowest BCUT2D eigenvalue weighted by atomic mass is 9.84. The van der Waals surface area contributed by atoms with Gasteiger partial charge in [0, 0.05) is 31.4 Å². The zero-order valence-corrected chi connectivity index (χ0v) is 12.3. The van der Waals surface area contributed by atoms with Crippen LogP contribution in [0.25, 0.3) is 0 Å². The standard InChI is InChI=1S/C14H22ClN3O/c1-10(2)9-18-5-3-14(19,4-6-18)12-7-11(15)8-17-13(12)16/h7-8,10,19H,3-6,9H2,1-2H3,(H2,16,17). The number of piperidine rings is 1. The molecule has 1 saturated heterocycles. The lowest BCUT2D eigenvalue weighted by Gasteiger charge is -2.39. The molecule has 1 fully saturated rings. The fourth-order valence-corrected chi connectivity index (χ4v) is 2.87. The summed E-state index contributed by atoms with van der Waals surface area (Å²) in [6.07, 6.45) is 2.86. The van der Waals surface area contributed by atoms with Crippen LogP contribution in [0.15, 0.2) is 12.3 Å². The normalized spacial score (nSPS) is 19.8. The number of anilines is 1. The quantitative estimate of drug-likeness (QED) is 0.893. The maximum absolute atomic E-state index is 10.8. The van der Waals surface area contributed by atoms with Gasteiger partial charge < -0.3 is 15.7 Å². The highest BCUT2D eigenvalue weighted by Crippen LogP contribution is 2.36. The Bertz CT molecular complexity index is 442. The molecule has 5 heteroatoms. The minimum absolute atomic E-state index is 0.379. The van der Waals surface area contributed by atoms with Crippen LogP contribution < -0.4 is 5.73 Å². The van der Waals surface area contributed by atoms with Gasteiger partial charge in [-0.1, -0.05) is 25.4 Å². The van der Waals surface area contributed by atoms with Gasteiger partial charge in [-0.3, -0.25) is 0 Å². The fraction of sp³-hybridized carbons (Fsp3) is 0.643. The highest BCUT2D eigenvalue weighted by atomic mass is 35.5. The molecule has 0 aromatic carbocycles. The van der Waals surface area contributed by atoms with Crippen LogP contribution in [0.3, 0.4) is 0 Å². The van der Waals surface area contributed by atoms with Crippen molar-refractivity contribution in [3.8, 4) is 0 Å². The first-order valence-corrected chi connectivity index (χ1v) is 7.15. The number of rotatable bonds is 3. The first-order chi connectivity index (χ1) is 8.90. The second kappa shape index (κ2) is 5.65. The van der Waals surface area contributed by atoms with Crippen LogP contribution in [-0.2, 0) is 5.60 Å². The Kier molecular flexibility index (Phi) is 4.33. The molecule has 0 aliphatic carbocycles. The number of aromatic nitrogens is 1. The van der Waals surface area contributed by atoms with Gasteiger partial charge in [-0.2, -0.15) is 0 Å². The molecule has 0 radical (unpaired) electrons. The molecule has 1 aromatic heterocycles. The van der Waals surface area contributed by atoms with Crippen molar-refractivity contribution in [3.05, 3.63) is 22.8 Å². The summed E-state index contributed by atoms with van der Waals surface area (Å²) in [5.41, 5.74) is 5.65. The van der Waals surface area contributed by atoms with E-state index in [1.54, 1.807) is 6.07 Å². The Morgan fingerprint density at radius 1 is 1.47 bits per heavy atom. The van der Waals surface area contributed by atoms with Crippen molar-refractivity contribution in [1.82, 2.24) is 9.88 Å². The van der Waals surface area contributed by atoms with Gasteiger partial charge in [0.15, 0.2) is 0 Å². The van der Waals surface area contributed by atoms with Gasteiger partial charge in [0.2, 0.25) is 0 Å². The van der Waals surface area contributed by atoms with Gasteiger partial charge in [-0.15, -0.1) is 0 Å². The number of nitrogens with two attached hydrogens (primary N) is 1. The van der Waals surface area contributed by atoms with E-state index in [1.165, 1.54) is 6.20 Å². The van der Waals surface area contributed by atoms with Crippen molar-refractivity contribution in [2.75, 3.05) is 25.4 Å². The van der Waals surface area contributed by atoms with Crippen LogP contribution in [0.4, 0.5) is 5.82 Å². The average molecular weight is 284 g/mol. The van der Waals surface area contributed by atoms with Crippen LogP contribution in [0.2, 0.25) is 5.02 Å². The summed E-state index contributed by atoms with van der Waals surface area (Å²) in [5, 5.41) is 11.3. The maximum Gasteiger partial charge on any atom is 0.129 e. The van der Waals surface area contributed by atoms with Crippen molar-refractivity contribution in [1.29, 1.82) is 0 Å². The lowest BCUT2D eigenvalue weighted by Crippen LogP contribution is -2.44. The van der Waals surface area contributed by atoms with Crippen molar-refractivity contribution in [3.63, 3.8) is 0 Å². The Morgan fingerprint density at radius 3 is 2.68 bits per heavy atom. The summed E-state index contributed by atoms with van der Waals surface area (Å²) in [4.78, 5) is 6.42. The van der Waals surface area contributed by atoms with Crippen molar-refractivity contribution < 1.29 is 5.11 Å². The van der Waals surface area contributed by atoms with Crippen LogP contribution in [0.5, 0.6) is 0 Å². The third kappa shape index (κ3) is 3.38. The number of pyridine rings is 1. The highest BCUT2D eigenvalue weighted by Gasteiger charge is 2.36. The molecule has 1 aliphatic heterocycles. The number of hydrogen-bond acceptors (Lipinski definition) is 4. The molecule has 0 bridgehead atoms. The molecule has 1 aromatic rings. The number of likely N-dealkylation sites (tertiary alicyclic amines) is 1. The number of nitrogen functional groups attached to an aromatic ring is 1. The minimum Gasteiger partial charge on any atom is -0.385 e. The first-order valence-electron chi connectivity index (χ1n) is 6.77. The smallest absolute Gasteiger partial charge is 0.129 e. The molecular weight excluding hydrogens is 262 g/mol. The molecule has 0 spiro atoms. The molecule has 4 nitrogen and oxygen atoms in total. The Morgan fingerprint density at radius 2 is 2.11 bits per heavy atom. The summed E-state index contributed by atoms with van der Waals surface area (Å²) >= 11 is 5.96. The van der Waals surface area contributed by atoms with E-state index in [4.69, 9.17) is 17.3 Å². The van der Waals surface area contributed by atoms with Crippen LogP contribution in [-0.4, -0.2) is 34.6 Å². The van der Waals surface area contributed by atoms with E-state index in [0.717, 1.165) is 19.6 Å². The number of hydrogen-bond donors (Lipinski definition) is 2. The molecule has 0 unspecified atom stereocenters. The van der Waals surface area contributed by atoms with E-state index in [0.29, 0.717) is 35.2 Å². The Labute approximate surface area is 119 Å². The van der Waals surface area contributed by atoms with E-state index >= 15 is 0 Å². The second-order valence-corrected chi connectivity index (χ2v) is 6.25. The maximum atomic E-state index is 10.8. The van der Waals surface area contributed by atoms with Gasteiger partial charge in [0.25, 0.3) is 0 Å². The molecular formula is C14H22ClN3O. The lowest BCUT2D eigenvalue weighted by molar-refractivity contribution is -0.0275. The van der Waals surface area contributed by atoms with Gasteiger partial charge in [-0.25, -0.2) is 4.98 Å². The molecule has 0 saturated carbocycles. The summed E-state index contributed by atoms with van der Waals surface area (Å²) in [6.45, 7) is 7.24. The third-order valence-corrected chi connectivity index (χ3v) is 3.90. The topological polar surface area (TPSA) is 62.4 Å². The molecule has 0 atom stereocenters. The van der Waals surface area contributed by atoms with Crippen LogP contribution >= 0.6 is 11.6 Å². The number of halogens is 1. The molecule has 1 aliphatic rings. The van der Waals surface area contributed by atoms with E-state index in [9.17, 15) is 5.11 Å². The van der Waals surface area contributed by atoms with Gasteiger partial charge in [-0.05, 0) is 24.8 Å².